The van der Waals surface area contributed by atoms with E-state index in [4.69, 9.17) is 16.3 Å². The van der Waals surface area contributed by atoms with E-state index in [2.05, 4.69) is 5.32 Å². The fourth-order valence-electron chi connectivity index (χ4n) is 5.56. The number of rotatable bonds is 6. The Morgan fingerprint density at radius 2 is 1.71 bits per heavy atom. The number of aliphatic carboxylic acids is 1. The lowest BCUT2D eigenvalue weighted by atomic mass is 9.76. The number of fused-ring (bicyclic) bond motifs is 1. The van der Waals surface area contributed by atoms with Crippen LogP contribution in [0.5, 0.6) is 0 Å². The molecule has 2 heterocycles. The van der Waals surface area contributed by atoms with Gasteiger partial charge in [-0.25, -0.2) is 9.69 Å². The molecular formula is C29H25ClN2O6. The van der Waals surface area contributed by atoms with E-state index in [0.717, 1.165) is 10.5 Å². The molecule has 0 spiro atoms. The van der Waals surface area contributed by atoms with E-state index in [1.165, 1.54) is 7.11 Å². The van der Waals surface area contributed by atoms with Crippen molar-refractivity contribution in [3.05, 3.63) is 100 Å². The van der Waals surface area contributed by atoms with E-state index in [-0.39, 0.29) is 6.42 Å². The SMILES string of the molecule is COC(=O)c1ccc(C2NC(Cc3ccccc3)(C(=O)O)C3C(=O)N(c4ccc(C)c(Cl)c4)C(=O)C23)cc1. The maximum atomic E-state index is 14.0. The van der Waals surface area contributed by atoms with Crippen LogP contribution >= 0.6 is 11.6 Å². The Morgan fingerprint density at radius 3 is 2.32 bits per heavy atom. The molecule has 0 aromatic heterocycles. The Balaban J connectivity index is 1.64. The van der Waals surface area contributed by atoms with Crippen LogP contribution < -0.4 is 10.2 Å². The third-order valence-corrected chi connectivity index (χ3v) is 7.87. The van der Waals surface area contributed by atoms with Crippen LogP contribution in [0.1, 0.15) is 33.1 Å². The molecule has 2 amide bonds. The quantitative estimate of drug-likeness (QED) is 0.365. The minimum absolute atomic E-state index is 0.0113. The Labute approximate surface area is 224 Å². The number of halogens is 1. The number of benzene rings is 3. The lowest BCUT2D eigenvalue weighted by Crippen LogP contribution is -2.57. The normalized spacial score (nSPS) is 24.4. The first-order chi connectivity index (χ1) is 18.2. The highest BCUT2D eigenvalue weighted by Crippen LogP contribution is 2.51. The summed E-state index contributed by atoms with van der Waals surface area (Å²) in [6.45, 7) is 1.81. The van der Waals surface area contributed by atoms with Gasteiger partial charge >= 0.3 is 11.9 Å². The lowest BCUT2D eigenvalue weighted by Gasteiger charge is -2.31. The van der Waals surface area contributed by atoms with Crippen molar-refractivity contribution in [2.75, 3.05) is 12.0 Å². The number of methoxy groups -OCH3 is 1. The average molecular weight is 533 g/mol. The number of carbonyl (C=O) groups is 4. The van der Waals surface area contributed by atoms with Gasteiger partial charge in [-0.2, -0.15) is 0 Å². The maximum Gasteiger partial charge on any atom is 0.337 e. The summed E-state index contributed by atoms with van der Waals surface area (Å²) in [5, 5.41) is 14.2. The zero-order chi connectivity index (χ0) is 27.2. The van der Waals surface area contributed by atoms with Gasteiger partial charge in [0.15, 0.2) is 0 Å². The maximum absolute atomic E-state index is 14.0. The molecule has 0 radical (unpaired) electrons. The number of nitrogens with one attached hydrogen (secondary N) is 1. The molecule has 5 rings (SSSR count). The van der Waals surface area contributed by atoms with E-state index in [1.807, 2.05) is 13.0 Å². The Kier molecular flexibility index (Phi) is 6.54. The van der Waals surface area contributed by atoms with Crippen LogP contribution in [-0.2, 0) is 25.5 Å². The summed E-state index contributed by atoms with van der Waals surface area (Å²) in [5.74, 6) is -5.03. The van der Waals surface area contributed by atoms with Gasteiger partial charge in [0.2, 0.25) is 11.8 Å². The number of hydrogen-bond acceptors (Lipinski definition) is 6. The summed E-state index contributed by atoms with van der Waals surface area (Å²) in [6.07, 6.45) is -0.0113. The van der Waals surface area contributed by atoms with Crippen LogP contribution in [0.3, 0.4) is 0 Å². The monoisotopic (exact) mass is 532 g/mol. The molecule has 3 aromatic carbocycles. The second kappa shape index (κ2) is 9.70. The van der Waals surface area contributed by atoms with Gasteiger partial charge in [0.25, 0.3) is 0 Å². The van der Waals surface area contributed by atoms with Crippen LogP contribution in [0.25, 0.3) is 0 Å². The molecule has 0 bridgehead atoms. The van der Waals surface area contributed by atoms with E-state index >= 15 is 0 Å². The average Bonchev–Trinajstić information content (AvgIpc) is 3.40. The predicted octanol–water partition coefficient (Wildman–Crippen LogP) is 3.95. The first-order valence-electron chi connectivity index (χ1n) is 12.0. The highest BCUT2D eigenvalue weighted by Gasteiger charge is 2.68. The Bertz CT molecular complexity index is 1440. The molecule has 194 valence electrons. The standard InChI is InChI=1S/C29H25ClN2O6/c1-16-8-13-20(14-21(16)30)32-25(33)22-23(26(32)34)29(28(36)37,15-17-6-4-3-5-7-17)31-24(22)18-9-11-19(12-10-18)27(35)38-2/h3-14,22-24,31H,15H2,1-2H3,(H,36,37). The number of carbonyl (C=O) groups excluding carboxylic acids is 3. The number of nitrogens with zero attached hydrogens (tertiary/aromatic N) is 1. The van der Waals surface area contributed by atoms with Crippen molar-refractivity contribution in [2.45, 2.75) is 24.9 Å². The fourth-order valence-corrected chi connectivity index (χ4v) is 5.74. The third-order valence-electron chi connectivity index (χ3n) is 7.47. The molecule has 0 aliphatic carbocycles. The van der Waals surface area contributed by atoms with Gasteiger partial charge in [0.1, 0.15) is 5.54 Å². The summed E-state index contributed by atoms with van der Waals surface area (Å²) >= 11 is 6.31. The first-order valence-corrected chi connectivity index (χ1v) is 12.4. The van der Waals surface area contributed by atoms with Crippen LogP contribution in [0.15, 0.2) is 72.8 Å². The van der Waals surface area contributed by atoms with E-state index < -0.39 is 47.2 Å². The minimum Gasteiger partial charge on any atom is -0.480 e. The van der Waals surface area contributed by atoms with Crippen molar-refractivity contribution in [3.63, 3.8) is 0 Å². The molecule has 0 saturated carbocycles. The van der Waals surface area contributed by atoms with Crippen molar-refractivity contribution >= 4 is 41.0 Å². The summed E-state index contributed by atoms with van der Waals surface area (Å²) < 4.78 is 4.77. The smallest absolute Gasteiger partial charge is 0.337 e. The molecule has 2 aliphatic rings. The molecule has 2 fully saturated rings. The number of ether oxygens (including phenoxy) is 1. The largest absolute Gasteiger partial charge is 0.480 e. The molecule has 8 nitrogen and oxygen atoms in total. The first kappa shape index (κ1) is 25.6. The number of hydrogen-bond donors (Lipinski definition) is 2. The summed E-state index contributed by atoms with van der Waals surface area (Å²) in [5.41, 5.74) is 0.916. The molecular weight excluding hydrogens is 508 g/mol. The summed E-state index contributed by atoms with van der Waals surface area (Å²) in [6, 6.07) is 19.5. The number of amides is 2. The fraction of sp³-hybridized carbons (Fsp3) is 0.241. The molecule has 2 N–H and O–H groups in total. The summed E-state index contributed by atoms with van der Waals surface area (Å²) in [4.78, 5) is 53.9. The number of carboxylic acid groups (broad SMARTS) is 1. The number of aryl methyl sites for hydroxylation is 1. The van der Waals surface area contributed by atoms with Gasteiger partial charge in [0.05, 0.1) is 30.2 Å². The Morgan fingerprint density at radius 1 is 1.03 bits per heavy atom. The van der Waals surface area contributed by atoms with Crippen LogP contribution in [0, 0.1) is 18.8 Å². The predicted molar refractivity (Wildman–Crippen MR) is 140 cm³/mol. The van der Waals surface area contributed by atoms with Gasteiger partial charge in [-0.05, 0) is 47.9 Å². The number of anilines is 1. The highest BCUT2D eigenvalue weighted by molar-refractivity contribution is 6.32. The van der Waals surface area contributed by atoms with Crippen LogP contribution in [0.4, 0.5) is 5.69 Å². The van der Waals surface area contributed by atoms with Crippen molar-refractivity contribution in [1.82, 2.24) is 5.32 Å². The van der Waals surface area contributed by atoms with E-state index in [1.54, 1.807) is 66.7 Å². The minimum atomic E-state index is -1.76. The van der Waals surface area contributed by atoms with Gasteiger partial charge in [0, 0.05) is 17.5 Å². The van der Waals surface area contributed by atoms with Gasteiger partial charge < -0.3 is 9.84 Å². The van der Waals surface area contributed by atoms with Crippen molar-refractivity contribution in [3.8, 4) is 0 Å². The molecule has 38 heavy (non-hydrogen) atoms. The topological polar surface area (TPSA) is 113 Å². The summed E-state index contributed by atoms with van der Waals surface area (Å²) in [7, 11) is 1.28. The molecule has 2 aliphatic heterocycles. The molecule has 3 aromatic rings. The van der Waals surface area contributed by atoms with Crippen molar-refractivity contribution in [2.24, 2.45) is 11.8 Å². The third kappa shape index (κ3) is 4.06. The second-order valence-corrected chi connectivity index (χ2v) is 10.0. The molecule has 9 heteroatoms. The lowest BCUT2D eigenvalue weighted by molar-refractivity contribution is -0.148. The number of carboxylic acids is 1. The van der Waals surface area contributed by atoms with Gasteiger partial charge in [-0.15, -0.1) is 0 Å². The van der Waals surface area contributed by atoms with Crippen LogP contribution in [-0.4, -0.2) is 41.5 Å². The zero-order valence-electron chi connectivity index (χ0n) is 20.7. The van der Waals surface area contributed by atoms with E-state index in [0.29, 0.717) is 27.4 Å². The zero-order valence-corrected chi connectivity index (χ0v) is 21.4. The number of esters is 1. The Hall–Kier alpha value is -4.01. The number of imide groups is 1. The van der Waals surface area contributed by atoms with Crippen LogP contribution in [0.2, 0.25) is 5.02 Å². The van der Waals surface area contributed by atoms with Gasteiger partial charge in [-0.3, -0.25) is 19.7 Å². The molecule has 2 saturated heterocycles. The second-order valence-electron chi connectivity index (χ2n) is 9.62. The van der Waals surface area contributed by atoms with Crippen molar-refractivity contribution < 1.29 is 29.0 Å². The highest BCUT2D eigenvalue weighted by atomic mass is 35.5. The van der Waals surface area contributed by atoms with Crippen molar-refractivity contribution in [1.29, 1.82) is 0 Å². The van der Waals surface area contributed by atoms with E-state index in [9.17, 15) is 24.3 Å². The molecule has 4 atom stereocenters. The van der Waals surface area contributed by atoms with Gasteiger partial charge in [-0.1, -0.05) is 60.1 Å². The molecule has 4 unspecified atom stereocenters.